The zero-order valence-electron chi connectivity index (χ0n) is 26.6. The number of rotatable bonds is 10. The number of piperazine rings is 1. The summed E-state index contributed by atoms with van der Waals surface area (Å²) in [7, 11) is -2.47. The summed E-state index contributed by atoms with van der Waals surface area (Å²) in [5.41, 5.74) is 3.70. The summed E-state index contributed by atoms with van der Waals surface area (Å²) < 4.78 is 19.2. The van der Waals surface area contributed by atoms with E-state index < -0.39 is 7.14 Å². The van der Waals surface area contributed by atoms with E-state index in [4.69, 9.17) is 9.72 Å². The molecule has 0 spiro atoms. The molecule has 2 aliphatic heterocycles. The third-order valence-electron chi connectivity index (χ3n) is 8.48. The highest BCUT2D eigenvalue weighted by atomic mass is 31.2. The van der Waals surface area contributed by atoms with E-state index in [1.165, 1.54) is 44.7 Å². The highest BCUT2D eigenvalue weighted by Crippen LogP contribution is 2.39. The Kier molecular flexibility index (Phi) is 9.95. The lowest BCUT2D eigenvalue weighted by Crippen LogP contribution is -2.53. The topological polar surface area (TPSA) is 85.9 Å². The van der Waals surface area contributed by atoms with Crippen molar-refractivity contribution in [3.05, 3.63) is 54.2 Å². The van der Waals surface area contributed by atoms with Crippen LogP contribution in [0.2, 0.25) is 0 Å². The fourth-order valence-corrected chi connectivity index (χ4v) is 7.18. The summed E-state index contributed by atoms with van der Waals surface area (Å²) >= 11 is 0. The molecule has 0 radical (unpaired) electrons. The van der Waals surface area contributed by atoms with Gasteiger partial charge in [0, 0.05) is 74.1 Å². The molecular weight excluding hydrogens is 557 g/mol. The highest BCUT2D eigenvalue weighted by molar-refractivity contribution is 7.70. The molecule has 0 atom stereocenters. The fraction of sp³-hybridized carbons (Fsp3) is 0.515. The first kappa shape index (κ1) is 31.3. The van der Waals surface area contributed by atoms with E-state index in [1.807, 2.05) is 45.0 Å². The number of aromatic nitrogens is 2. The monoisotopic (exact) mass is 605 g/mol. The molecule has 0 unspecified atom stereocenters. The van der Waals surface area contributed by atoms with Crippen LogP contribution in [0.5, 0.6) is 5.75 Å². The van der Waals surface area contributed by atoms with Crippen LogP contribution in [-0.4, -0.2) is 91.1 Å². The number of anilines is 5. The second kappa shape index (κ2) is 13.7. The zero-order chi connectivity index (χ0) is 30.6. The molecule has 0 aliphatic carbocycles. The number of likely N-dealkylation sites (N-methyl/N-ethyl adjacent to an activating group) is 1. The van der Waals surface area contributed by atoms with Gasteiger partial charge in [-0.2, -0.15) is 4.98 Å². The largest absolute Gasteiger partial charge is 0.489 e. The standard InChI is InChI=1S/C33H48N7O2P/c1-7-38-18-20-40(21-19-38)26-14-16-39(17-15-26)27-12-13-28(30(22-27)42-24(2)3)36-33-34-23-25(4)32(37-33)35-29-10-8-9-11-31(29)43(5,6)41/h8-13,22-24,26H,7,14-21H2,1-6H3,(H2,34,35,36,37). The molecule has 2 fully saturated rings. The minimum atomic E-state index is -2.47. The molecule has 232 valence electrons. The fourth-order valence-electron chi connectivity index (χ4n) is 6.02. The van der Waals surface area contributed by atoms with Gasteiger partial charge in [-0.25, -0.2) is 4.98 Å². The van der Waals surface area contributed by atoms with Gasteiger partial charge in [0.15, 0.2) is 0 Å². The van der Waals surface area contributed by atoms with Crippen LogP contribution in [0.3, 0.4) is 0 Å². The van der Waals surface area contributed by atoms with Gasteiger partial charge in [0.05, 0.1) is 17.5 Å². The van der Waals surface area contributed by atoms with Crippen LogP contribution in [0.1, 0.15) is 39.2 Å². The van der Waals surface area contributed by atoms with Gasteiger partial charge in [0.1, 0.15) is 18.7 Å². The first-order valence-electron chi connectivity index (χ1n) is 15.6. The Balaban J connectivity index is 1.29. The van der Waals surface area contributed by atoms with Crippen LogP contribution in [-0.2, 0) is 4.57 Å². The second-order valence-electron chi connectivity index (χ2n) is 12.4. The molecule has 0 bridgehead atoms. The molecule has 10 heteroatoms. The molecule has 1 aromatic heterocycles. The number of hydrogen-bond donors (Lipinski definition) is 2. The van der Waals surface area contributed by atoms with Crippen LogP contribution in [0.4, 0.5) is 28.8 Å². The number of nitrogens with zero attached hydrogens (tertiary/aromatic N) is 5. The minimum absolute atomic E-state index is 0.0229. The number of ether oxygens (including phenoxy) is 1. The lowest BCUT2D eigenvalue weighted by atomic mass is 10.0. The third kappa shape index (κ3) is 7.88. The van der Waals surface area contributed by atoms with Crippen LogP contribution in [0.25, 0.3) is 0 Å². The molecular formula is C33H48N7O2P. The molecule has 2 N–H and O–H groups in total. The maximum absolute atomic E-state index is 12.9. The molecule has 9 nitrogen and oxygen atoms in total. The van der Waals surface area contributed by atoms with Crippen LogP contribution >= 0.6 is 7.14 Å². The van der Waals surface area contributed by atoms with Crippen molar-refractivity contribution in [2.75, 3.05) is 74.7 Å². The Hall–Kier alpha value is -3.13. The Morgan fingerprint density at radius 1 is 0.977 bits per heavy atom. The van der Waals surface area contributed by atoms with Gasteiger partial charge in [-0.15, -0.1) is 0 Å². The van der Waals surface area contributed by atoms with Crippen LogP contribution in [0.15, 0.2) is 48.7 Å². The summed E-state index contributed by atoms with van der Waals surface area (Å²) in [4.78, 5) is 17.1. The quantitative estimate of drug-likeness (QED) is 0.274. The first-order chi connectivity index (χ1) is 20.6. The van der Waals surface area contributed by atoms with Crippen LogP contribution < -0.4 is 25.6 Å². The van der Waals surface area contributed by atoms with Crippen molar-refractivity contribution >= 4 is 41.3 Å². The Labute approximate surface area is 257 Å². The van der Waals surface area contributed by atoms with Gasteiger partial charge in [-0.05, 0) is 77.8 Å². The number of para-hydroxylation sites is 1. The summed E-state index contributed by atoms with van der Waals surface area (Å²) in [6, 6.07) is 14.8. The van der Waals surface area contributed by atoms with Gasteiger partial charge < -0.3 is 29.7 Å². The third-order valence-corrected chi connectivity index (χ3v) is 10.0. The molecule has 2 aromatic carbocycles. The maximum Gasteiger partial charge on any atom is 0.229 e. The van der Waals surface area contributed by atoms with Crippen molar-refractivity contribution in [1.82, 2.24) is 19.8 Å². The Morgan fingerprint density at radius 2 is 1.70 bits per heavy atom. The van der Waals surface area contributed by atoms with Gasteiger partial charge in [0.25, 0.3) is 0 Å². The average molecular weight is 606 g/mol. The number of nitrogens with one attached hydrogen (secondary N) is 2. The summed E-state index contributed by atoms with van der Waals surface area (Å²) in [5.74, 6) is 1.92. The predicted molar refractivity (Wildman–Crippen MR) is 180 cm³/mol. The number of piperidine rings is 1. The minimum Gasteiger partial charge on any atom is -0.489 e. The molecule has 0 saturated carbocycles. The summed E-state index contributed by atoms with van der Waals surface area (Å²) in [5, 5.41) is 7.59. The van der Waals surface area contributed by atoms with Gasteiger partial charge >= 0.3 is 0 Å². The van der Waals surface area contributed by atoms with Gasteiger partial charge in [-0.1, -0.05) is 19.1 Å². The molecule has 0 amide bonds. The van der Waals surface area contributed by atoms with Gasteiger partial charge in [-0.3, -0.25) is 4.90 Å². The molecule has 2 aliphatic rings. The van der Waals surface area contributed by atoms with Crippen molar-refractivity contribution in [2.24, 2.45) is 0 Å². The first-order valence-corrected chi connectivity index (χ1v) is 18.2. The smallest absolute Gasteiger partial charge is 0.229 e. The van der Waals surface area contributed by atoms with E-state index >= 15 is 0 Å². The van der Waals surface area contributed by atoms with E-state index in [9.17, 15) is 4.57 Å². The predicted octanol–water partition coefficient (Wildman–Crippen LogP) is 5.91. The lowest BCUT2D eigenvalue weighted by molar-refractivity contribution is 0.0878. The van der Waals surface area contributed by atoms with E-state index in [-0.39, 0.29) is 6.10 Å². The molecule has 5 rings (SSSR count). The molecule has 2 saturated heterocycles. The number of benzene rings is 2. The molecule has 3 heterocycles. The second-order valence-corrected chi connectivity index (χ2v) is 15.6. The SMILES string of the molecule is CCN1CCN(C2CCN(c3ccc(Nc4ncc(C)c(Nc5ccccc5P(C)(C)=O)n4)c(OC(C)C)c3)CC2)CC1. The van der Waals surface area contributed by atoms with E-state index in [0.717, 1.165) is 47.6 Å². The molecule has 3 aromatic rings. The Morgan fingerprint density at radius 3 is 2.37 bits per heavy atom. The van der Waals surface area contributed by atoms with E-state index in [1.54, 1.807) is 19.5 Å². The van der Waals surface area contributed by atoms with Crippen molar-refractivity contribution in [1.29, 1.82) is 0 Å². The average Bonchev–Trinajstić information content (AvgIpc) is 2.99. The number of hydrogen-bond acceptors (Lipinski definition) is 9. The lowest BCUT2D eigenvalue weighted by Gasteiger charge is -2.43. The Bertz CT molecular complexity index is 1430. The molecule has 43 heavy (non-hydrogen) atoms. The normalized spacial score (nSPS) is 17.3. The maximum atomic E-state index is 12.9. The number of aryl methyl sites for hydroxylation is 1. The van der Waals surface area contributed by atoms with E-state index in [2.05, 4.69) is 55.4 Å². The van der Waals surface area contributed by atoms with Crippen LogP contribution in [0, 0.1) is 6.92 Å². The van der Waals surface area contributed by atoms with Gasteiger partial charge in [0.2, 0.25) is 5.95 Å². The van der Waals surface area contributed by atoms with Crippen molar-refractivity contribution < 1.29 is 9.30 Å². The summed E-state index contributed by atoms with van der Waals surface area (Å²) in [6.45, 7) is 19.9. The van der Waals surface area contributed by atoms with E-state index in [0.29, 0.717) is 17.8 Å². The van der Waals surface area contributed by atoms with Crippen molar-refractivity contribution in [2.45, 2.75) is 52.7 Å². The van der Waals surface area contributed by atoms with Crippen molar-refractivity contribution in [3.63, 3.8) is 0 Å². The van der Waals surface area contributed by atoms with Crippen molar-refractivity contribution in [3.8, 4) is 5.75 Å². The highest BCUT2D eigenvalue weighted by Gasteiger charge is 2.27. The zero-order valence-corrected chi connectivity index (χ0v) is 27.5. The summed E-state index contributed by atoms with van der Waals surface area (Å²) in [6.07, 6.45) is 4.19.